The summed E-state index contributed by atoms with van der Waals surface area (Å²) in [5, 5.41) is 3.91. The molecule has 0 aliphatic heterocycles. The summed E-state index contributed by atoms with van der Waals surface area (Å²) < 4.78 is 5.63. The average molecular weight is 253 g/mol. The van der Waals surface area contributed by atoms with Crippen LogP contribution in [0.1, 0.15) is 60.8 Å². The molecule has 2 heteroatoms. The van der Waals surface area contributed by atoms with Crippen molar-refractivity contribution in [3.8, 4) is 0 Å². The van der Waals surface area contributed by atoms with Crippen molar-refractivity contribution in [2.24, 2.45) is 16.7 Å². The molecular weight excluding hydrogens is 222 g/mol. The zero-order valence-electron chi connectivity index (χ0n) is 13.3. The van der Waals surface area contributed by atoms with Crippen molar-refractivity contribution in [3.63, 3.8) is 0 Å². The van der Waals surface area contributed by atoms with Crippen molar-refractivity contribution in [1.29, 1.82) is 0 Å². The number of nitrogens with one attached hydrogen (secondary N) is 1. The second kappa shape index (κ2) is 4.21. The molecule has 0 heterocycles. The largest absolute Gasteiger partial charge is 0.377 e. The van der Waals surface area contributed by atoms with Crippen LogP contribution in [0.2, 0.25) is 0 Å². The van der Waals surface area contributed by atoms with E-state index in [-0.39, 0.29) is 5.60 Å². The number of fused-ring (bicyclic) bond motifs is 2. The van der Waals surface area contributed by atoms with Gasteiger partial charge in [-0.25, -0.2) is 0 Å². The molecule has 0 aromatic heterocycles. The fourth-order valence-electron chi connectivity index (χ4n) is 4.35. The molecule has 0 aromatic carbocycles. The second-order valence-electron chi connectivity index (χ2n) is 8.04. The van der Waals surface area contributed by atoms with Crippen molar-refractivity contribution in [1.82, 2.24) is 5.32 Å². The van der Waals surface area contributed by atoms with Gasteiger partial charge in [-0.3, -0.25) is 0 Å². The van der Waals surface area contributed by atoms with E-state index in [4.69, 9.17) is 4.74 Å². The molecule has 0 saturated heterocycles. The van der Waals surface area contributed by atoms with Gasteiger partial charge in [0, 0.05) is 19.2 Å². The molecule has 18 heavy (non-hydrogen) atoms. The van der Waals surface area contributed by atoms with Gasteiger partial charge in [0.1, 0.15) is 0 Å². The lowest BCUT2D eigenvalue weighted by molar-refractivity contribution is -0.0223. The third kappa shape index (κ3) is 2.02. The summed E-state index contributed by atoms with van der Waals surface area (Å²) in [5.74, 6) is 0.901. The van der Waals surface area contributed by atoms with E-state index >= 15 is 0 Å². The third-order valence-electron chi connectivity index (χ3n) is 6.26. The fraction of sp³-hybridized carbons (Fsp3) is 1.00. The Bertz CT molecular complexity index is 318. The summed E-state index contributed by atoms with van der Waals surface area (Å²) in [7, 11) is 1.81. The van der Waals surface area contributed by atoms with Crippen LogP contribution in [0.4, 0.5) is 0 Å². The minimum absolute atomic E-state index is 0.103. The normalized spacial score (nSPS) is 40.2. The van der Waals surface area contributed by atoms with Crippen molar-refractivity contribution in [2.75, 3.05) is 7.11 Å². The zero-order valence-corrected chi connectivity index (χ0v) is 13.3. The predicted octanol–water partition coefficient (Wildman–Crippen LogP) is 3.60. The molecule has 4 atom stereocenters. The van der Waals surface area contributed by atoms with Crippen LogP contribution in [0.3, 0.4) is 0 Å². The predicted molar refractivity (Wildman–Crippen MR) is 76.7 cm³/mol. The minimum Gasteiger partial charge on any atom is -0.377 e. The number of hydrogen-bond acceptors (Lipinski definition) is 2. The summed E-state index contributed by atoms with van der Waals surface area (Å²) in [6, 6.07) is 0.996. The monoisotopic (exact) mass is 253 g/mol. The van der Waals surface area contributed by atoms with Gasteiger partial charge >= 0.3 is 0 Å². The van der Waals surface area contributed by atoms with Crippen LogP contribution in [0.25, 0.3) is 0 Å². The Balaban J connectivity index is 2.14. The number of ether oxygens (including phenoxy) is 1. The fourth-order valence-corrected chi connectivity index (χ4v) is 4.35. The SMILES string of the molecule is COC(C)(C)C(C)NC1C2(C)CCC(C2)C1(C)C. The van der Waals surface area contributed by atoms with E-state index in [1.165, 1.54) is 19.3 Å². The smallest absolute Gasteiger partial charge is 0.0772 e. The molecule has 1 N–H and O–H groups in total. The standard InChI is InChI=1S/C16H31NO/c1-11(15(4,5)18-7)17-13-14(2,3)12-8-9-16(13,6)10-12/h11-13,17H,8-10H2,1-7H3. The quantitative estimate of drug-likeness (QED) is 0.826. The molecule has 2 bridgehead atoms. The van der Waals surface area contributed by atoms with Crippen molar-refractivity contribution < 1.29 is 4.74 Å². The minimum atomic E-state index is -0.103. The van der Waals surface area contributed by atoms with Crippen LogP contribution >= 0.6 is 0 Å². The van der Waals surface area contributed by atoms with Gasteiger partial charge in [0.25, 0.3) is 0 Å². The molecule has 106 valence electrons. The Morgan fingerprint density at radius 3 is 2.33 bits per heavy atom. The Labute approximate surface area is 113 Å². The van der Waals surface area contributed by atoms with Crippen LogP contribution < -0.4 is 5.32 Å². The topological polar surface area (TPSA) is 21.3 Å². The van der Waals surface area contributed by atoms with Crippen LogP contribution in [0, 0.1) is 16.7 Å². The van der Waals surface area contributed by atoms with E-state index in [1.807, 2.05) is 7.11 Å². The first kappa shape index (κ1) is 14.3. The Hall–Kier alpha value is -0.0800. The molecular formula is C16H31NO. The molecule has 2 saturated carbocycles. The van der Waals surface area contributed by atoms with Crippen molar-refractivity contribution >= 4 is 0 Å². The van der Waals surface area contributed by atoms with E-state index < -0.39 is 0 Å². The Morgan fingerprint density at radius 1 is 1.28 bits per heavy atom. The van der Waals surface area contributed by atoms with Gasteiger partial charge in [0.05, 0.1) is 5.60 Å². The highest BCUT2D eigenvalue weighted by Gasteiger charge is 2.59. The molecule has 0 radical (unpaired) electrons. The van der Waals surface area contributed by atoms with Gasteiger partial charge in [0.2, 0.25) is 0 Å². The van der Waals surface area contributed by atoms with Gasteiger partial charge < -0.3 is 10.1 Å². The molecule has 2 fully saturated rings. The van der Waals surface area contributed by atoms with Crippen LogP contribution in [-0.2, 0) is 4.74 Å². The van der Waals surface area contributed by atoms with E-state index in [9.17, 15) is 0 Å². The average Bonchev–Trinajstić information content (AvgIpc) is 2.75. The van der Waals surface area contributed by atoms with Crippen LogP contribution in [-0.4, -0.2) is 24.8 Å². The molecule has 0 spiro atoms. The van der Waals surface area contributed by atoms with Gasteiger partial charge in [-0.15, -0.1) is 0 Å². The molecule has 2 aliphatic carbocycles. The summed E-state index contributed by atoms with van der Waals surface area (Å²) >= 11 is 0. The highest BCUT2D eigenvalue weighted by atomic mass is 16.5. The molecule has 0 aromatic rings. The highest BCUT2D eigenvalue weighted by molar-refractivity contribution is 5.13. The maximum Gasteiger partial charge on any atom is 0.0772 e. The first-order valence-electron chi connectivity index (χ1n) is 7.45. The van der Waals surface area contributed by atoms with Gasteiger partial charge in [-0.1, -0.05) is 20.8 Å². The van der Waals surface area contributed by atoms with E-state index in [0.717, 1.165) is 5.92 Å². The first-order valence-corrected chi connectivity index (χ1v) is 7.45. The van der Waals surface area contributed by atoms with E-state index in [2.05, 4.69) is 46.9 Å². The number of methoxy groups -OCH3 is 1. The Kier molecular flexibility index (Phi) is 3.35. The number of rotatable bonds is 4. The highest BCUT2D eigenvalue weighted by Crippen LogP contribution is 2.62. The van der Waals surface area contributed by atoms with Crippen LogP contribution in [0.5, 0.6) is 0 Å². The molecule has 2 rings (SSSR count). The maximum atomic E-state index is 5.63. The summed E-state index contributed by atoms with van der Waals surface area (Å²) in [6.07, 6.45) is 4.21. The van der Waals surface area contributed by atoms with Gasteiger partial charge in [-0.05, 0) is 56.8 Å². The number of hydrogen-bond donors (Lipinski definition) is 1. The first-order chi connectivity index (χ1) is 8.13. The lowest BCUT2D eigenvalue weighted by Crippen LogP contribution is -2.58. The zero-order chi connectivity index (χ0) is 13.8. The molecule has 4 unspecified atom stereocenters. The van der Waals surface area contributed by atoms with E-state index in [0.29, 0.717) is 22.9 Å². The van der Waals surface area contributed by atoms with Crippen molar-refractivity contribution in [2.45, 2.75) is 78.5 Å². The van der Waals surface area contributed by atoms with Crippen molar-refractivity contribution in [3.05, 3.63) is 0 Å². The van der Waals surface area contributed by atoms with Crippen LogP contribution in [0.15, 0.2) is 0 Å². The Morgan fingerprint density at radius 2 is 1.89 bits per heavy atom. The lowest BCUT2D eigenvalue weighted by atomic mass is 9.68. The maximum absolute atomic E-state index is 5.63. The summed E-state index contributed by atoms with van der Waals surface area (Å²) in [5.41, 5.74) is 0.811. The van der Waals surface area contributed by atoms with Gasteiger partial charge in [-0.2, -0.15) is 0 Å². The summed E-state index contributed by atoms with van der Waals surface area (Å²) in [6.45, 7) is 14.0. The third-order valence-corrected chi connectivity index (χ3v) is 6.26. The lowest BCUT2D eigenvalue weighted by Gasteiger charge is -2.46. The molecule has 0 amide bonds. The van der Waals surface area contributed by atoms with E-state index in [1.54, 1.807) is 0 Å². The molecule has 2 aliphatic rings. The second-order valence-corrected chi connectivity index (χ2v) is 8.04. The molecule has 2 nitrogen and oxygen atoms in total. The summed E-state index contributed by atoms with van der Waals surface area (Å²) in [4.78, 5) is 0. The van der Waals surface area contributed by atoms with Gasteiger partial charge in [0.15, 0.2) is 0 Å².